The van der Waals surface area contributed by atoms with Crippen molar-refractivity contribution in [3.8, 4) is 5.69 Å². The molecule has 43 heavy (non-hydrogen) atoms. The fourth-order valence-corrected chi connectivity index (χ4v) is 7.99. The number of aromatic nitrogens is 1. The van der Waals surface area contributed by atoms with Gasteiger partial charge in [-0.2, -0.15) is 0 Å². The van der Waals surface area contributed by atoms with Gasteiger partial charge in [-0.3, -0.25) is 0 Å². The molecule has 0 atom stereocenters. The van der Waals surface area contributed by atoms with Crippen molar-refractivity contribution in [3.05, 3.63) is 158 Å². The van der Waals surface area contributed by atoms with E-state index in [1.54, 1.807) is 0 Å². The van der Waals surface area contributed by atoms with Gasteiger partial charge in [-0.05, 0) is 59.3 Å². The van der Waals surface area contributed by atoms with E-state index in [9.17, 15) is 0 Å². The Kier molecular flexibility index (Phi) is 5.40. The fraction of sp³-hybridized carbons (Fsp3) is 0. The van der Waals surface area contributed by atoms with Gasteiger partial charge in [-0.25, -0.2) is 0 Å². The average molecular weight is 567 g/mol. The highest BCUT2D eigenvalue weighted by atomic mass is 32.1. The molecule has 0 bridgehead atoms. The molecule has 7 aromatic carbocycles. The summed E-state index contributed by atoms with van der Waals surface area (Å²) < 4.78 is 5.06. The topological polar surface area (TPSA) is 8.17 Å². The maximum Gasteiger partial charge on any atom is 0.0782 e. The van der Waals surface area contributed by atoms with Gasteiger partial charge < -0.3 is 9.47 Å². The first-order chi connectivity index (χ1) is 21.4. The Bertz CT molecular complexity index is 2450. The molecule has 0 N–H and O–H groups in total. The highest BCUT2D eigenvalue weighted by Gasteiger charge is 2.23. The van der Waals surface area contributed by atoms with E-state index in [1.807, 2.05) is 11.3 Å². The van der Waals surface area contributed by atoms with Gasteiger partial charge in [0.1, 0.15) is 0 Å². The van der Waals surface area contributed by atoms with Crippen molar-refractivity contribution in [1.82, 2.24) is 4.57 Å². The molecule has 2 heterocycles. The number of para-hydroxylation sites is 4. The van der Waals surface area contributed by atoms with E-state index in [4.69, 9.17) is 0 Å². The van der Waals surface area contributed by atoms with Crippen LogP contribution in [0.3, 0.4) is 0 Å². The molecule has 0 saturated carbocycles. The smallest absolute Gasteiger partial charge is 0.0782 e. The molecule has 0 aliphatic carbocycles. The molecule has 3 heteroatoms. The Morgan fingerprint density at radius 2 is 1.14 bits per heavy atom. The predicted octanol–water partition coefficient (Wildman–Crippen LogP) is 11.8. The summed E-state index contributed by atoms with van der Waals surface area (Å²) in [5, 5.41) is 7.67. The highest BCUT2D eigenvalue weighted by molar-refractivity contribution is 7.26. The number of anilines is 3. The van der Waals surface area contributed by atoms with Crippen LogP contribution < -0.4 is 4.90 Å². The molecule has 0 amide bonds. The minimum Gasteiger partial charge on any atom is -0.308 e. The summed E-state index contributed by atoms with van der Waals surface area (Å²) in [6.45, 7) is 0. The second-order valence-electron chi connectivity index (χ2n) is 10.9. The van der Waals surface area contributed by atoms with Gasteiger partial charge >= 0.3 is 0 Å². The second kappa shape index (κ2) is 9.59. The highest BCUT2D eigenvalue weighted by Crippen LogP contribution is 2.48. The SMILES string of the molecule is c1ccc(N(c2cccc3sc4c5ccccc5ccc4c23)c2cccc3c4ccccc4n(-c4ccccc4)c23)cc1. The quantitative estimate of drug-likeness (QED) is 0.206. The van der Waals surface area contributed by atoms with Crippen molar-refractivity contribution < 1.29 is 0 Å². The minimum atomic E-state index is 1.13. The van der Waals surface area contributed by atoms with Crippen LogP contribution in [0, 0.1) is 0 Å². The lowest BCUT2D eigenvalue weighted by molar-refractivity contribution is 1.17. The van der Waals surface area contributed by atoms with Crippen molar-refractivity contribution >= 4 is 81.1 Å². The zero-order valence-corrected chi connectivity index (χ0v) is 24.1. The van der Waals surface area contributed by atoms with Gasteiger partial charge in [-0.1, -0.05) is 109 Å². The number of thiophene rings is 1. The predicted molar refractivity (Wildman–Crippen MR) is 186 cm³/mol. The molecule has 0 aliphatic rings. The Morgan fingerprint density at radius 1 is 0.465 bits per heavy atom. The van der Waals surface area contributed by atoms with Gasteiger partial charge in [-0.15, -0.1) is 11.3 Å². The summed E-state index contributed by atoms with van der Waals surface area (Å²) in [6.07, 6.45) is 0. The zero-order chi connectivity index (χ0) is 28.3. The maximum absolute atomic E-state index is 2.46. The number of nitrogens with zero attached hydrogens (tertiary/aromatic N) is 2. The third-order valence-electron chi connectivity index (χ3n) is 8.55. The summed E-state index contributed by atoms with van der Waals surface area (Å²) in [6, 6.07) is 57.1. The molecule has 2 aromatic heterocycles. The summed E-state index contributed by atoms with van der Waals surface area (Å²) in [5.74, 6) is 0. The Hall–Kier alpha value is -5.38. The second-order valence-corrected chi connectivity index (χ2v) is 12.0. The molecular formula is C40H26N2S. The van der Waals surface area contributed by atoms with Gasteiger partial charge in [0.15, 0.2) is 0 Å². The zero-order valence-electron chi connectivity index (χ0n) is 23.3. The normalized spacial score (nSPS) is 11.7. The molecule has 0 aliphatic heterocycles. The van der Waals surface area contributed by atoms with E-state index >= 15 is 0 Å². The largest absolute Gasteiger partial charge is 0.308 e. The molecule has 0 fully saturated rings. The Morgan fingerprint density at radius 3 is 2.00 bits per heavy atom. The van der Waals surface area contributed by atoms with E-state index in [0.717, 1.165) is 17.1 Å². The van der Waals surface area contributed by atoms with E-state index in [1.165, 1.54) is 58.4 Å². The third-order valence-corrected chi connectivity index (χ3v) is 9.75. The van der Waals surface area contributed by atoms with Crippen LogP contribution in [0.25, 0.3) is 58.4 Å². The van der Waals surface area contributed by atoms with Crippen LogP contribution in [0.5, 0.6) is 0 Å². The van der Waals surface area contributed by atoms with Gasteiger partial charge in [0, 0.05) is 42.3 Å². The molecule has 0 saturated heterocycles. The maximum atomic E-state index is 2.46. The van der Waals surface area contributed by atoms with Crippen molar-refractivity contribution in [1.29, 1.82) is 0 Å². The number of fused-ring (bicyclic) bond motifs is 8. The summed E-state index contributed by atoms with van der Waals surface area (Å²) in [7, 11) is 0. The fourth-order valence-electron chi connectivity index (χ4n) is 6.73. The van der Waals surface area contributed by atoms with Crippen molar-refractivity contribution in [2.75, 3.05) is 4.90 Å². The van der Waals surface area contributed by atoms with Crippen molar-refractivity contribution in [2.24, 2.45) is 0 Å². The molecule has 0 spiro atoms. The first-order valence-corrected chi connectivity index (χ1v) is 15.4. The van der Waals surface area contributed by atoms with Crippen LogP contribution in [0.2, 0.25) is 0 Å². The molecule has 202 valence electrons. The first-order valence-electron chi connectivity index (χ1n) is 14.6. The molecule has 9 rings (SSSR count). The lowest BCUT2D eigenvalue weighted by Gasteiger charge is -2.28. The number of benzene rings is 7. The van der Waals surface area contributed by atoms with E-state index in [0.29, 0.717) is 0 Å². The van der Waals surface area contributed by atoms with Crippen LogP contribution in [0.15, 0.2) is 158 Å². The summed E-state index contributed by atoms with van der Waals surface area (Å²) in [5.41, 5.74) is 7.02. The molecule has 2 nitrogen and oxygen atoms in total. The Balaban J connectivity index is 1.43. The van der Waals surface area contributed by atoms with Gasteiger partial charge in [0.05, 0.1) is 22.4 Å². The lowest BCUT2D eigenvalue weighted by atomic mass is 10.0. The van der Waals surface area contributed by atoms with E-state index in [2.05, 4.69) is 167 Å². The molecule has 0 radical (unpaired) electrons. The van der Waals surface area contributed by atoms with Crippen LogP contribution in [-0.4, -0.2) is 4.57 Å². The van der Waals surface area contributed by atoms with E-state index in [-0.39, 0.29) is 0 Å². The van der Waals surface area contributed by atoms with Crippen molar-refractivity contribution in [3.63, 3.8) is 0 Å². The average Bonchev–Trinajstić information content (AvgIpc) is 3.63. The lowest BCUT2D eigenvalue weighted by Crippen LogP contribution is -2.12. The Labute approximate surface area is 253 Å². The number of hydrogen-bond donors (Lipinski definition) is 0. The summed E-state index contributed by atoms with van der Waals surface area (Å²) in [4.78, 5) is 2.46. The molecule has 9 aromatic rings. The van der Waals surface area contributed by atoms with Crippen LogP contribution in [0.4, 0.5) is 17.1 Å². The summed E-state index contributed by atoms with van der Waals surface area (Å²) >= 11 is 1.89. The van der Waals surface area contributed by atoms with Crippen LogP contribution in [-0.2, 0) is 0 Å². The van der Waals surface area contributed by atoms with Crippen molar-refractivity contribution in [2.45, 2.75) is 0 Å². The third kappa shape index (κ3) is 3.65. The number of rotatable bonds is 4. The first kappa shape index (κ1) is 24.2. The monoisotopic (exact) mass is 566 g/mol. The van der Waals surface area contributed by atoms with Gasteiger partial charge in [0.25, 0.3) is 0 Å². The molecular weight excluding hydrogens is 541 g/mol. The molecule has 0 unspecified atom stereocenters. The van der Waals surface area contributed by atoms with E-state index < -0.39 is 0 Å². The standard InChI is InChI=1S/C40H26N2S/c1-3-14-28(15-4-1)41(35-22-12-24-37-38(35)33-26-25-27-13-7-8-18-30(27)40(33)43-37)36-23-11-20-32-31-19-9-10-21-34(31)42(39(32)36)29-16-5-2-6-17-29/h1-26H. The van der Waals surface area contributed by atoms with Crippen LogP contribution in [0.1, 0.15) is 0 Å². The van der Waals surface area contributed by atoms with Gasteiger partial charge in [0.2, 0.25) is 0 Å². The minimum absolute atomic E-state index is 1.13. The van der Waals surface area contributed by atoms with Crippen LogP contribution >= 0.6 is 11.3 Å². The number of hydrogen-bond acceptors (Lipinski definition) is 2.